The lowest BCUT2D eigenvalue weighted by molar-refractivity contribution is -0.145. The first-order valence-corrected chi connectivity index (χ1v) is 9.44. The van der Waals surface area contributed by atoms with E-state index in [1.807, 2.05) is 0 Å². The van der Waals surface area contributed by atoms with Gasteiger partial charge >= 0.3 is 0 Å². The zero-order chi connectivity index (χ0) is 14.7. The minimum Gasteiger partial charge on any atom is -0.353 e. The number of nitrogens with one attached hydrogen (secondary N) is 1. The van der Waals surface area contributed by atoms with Crippen molar-refractivity contribution in [1.82, 2.24) is 10.2 Å². The Morgan fingerprint density at radius 1 is 1.14 bits per heavy atom. The largest absolute Gasteiger partial charge is 0.353 e. The molecule has 5 rings (SSSR count). The van der Waals surface area contributed by atoms with Crippen molar-refractivity contribution in [2.75, 3.05) is 20.1 Å². The molecule has 0 aromatic carbocycles. The fourth-order valence-electron chi connectivity index (χ4n) is 5.91. The Morgan fingerprint density at radius 2 is 1.76 bits per heavy atom. The predicted octanol–water partition coefficient (Wildman–Crippen LogP) is 2.93. The van der Waals surface area contributed by atoms with Gasteiger partial charge in [0.1, 0.15) is 0 Å². The molecule has 1 saturated heterocycles. The predicted molar refractivity (Wildman–Crippen MR) is 87.4 cm³/mol. The number of halogens is 1. The maximum absolute atomic E-state index is 13.0. The molecule has 1 heterocycles. The third-order valence-electron chi connectivity index (χ3n) is 6.53. The Balaban J connectivity index is 1.46. The number of nitrogens with zero attached hydrogens (tertiary/aromatic N) is 1. The Morgan fingerprint density at radius 3 is 2.33 bits per heavy atom. The molecule has 5 fully saturated rings. The molecule has 1 N–H and O–H groups in total. The molecule has 3 nitrogen and oxygen atoms in total. The van der Waals surface area contributed by atoms with Crippen molar-refractivity contribution < 1.29 is 4.79 Å². The van der Waals surface area contributed by atoms with Gasteiger partial charge in [-0.2, -0.15) is 0 Å². The van der Waals surface area contributed by atoms with E-state index in [1.54, 1.807) is 0 Å². The monoisotopic (exact) mass is 354 g/mol. The third-order valence-corrected chi connectivity index (χ3v) is 7.45. The van der Waals surface area contributed by atoms with Crippen molar-refractivity contribution in [3.63, 3.8) is 0 Å². The molecular formula is C17H27BrN2O. The van der Waals surface area contributed by atoms with Gasteiger partial charge in [-0.25, -0.2) is 0 Å². The van der Waals surface area contributed by atoms with E-state index in [9.17, 15) is 4.79 Å². The fraction of sp³-hybridized carbons (Fsp3) is 0.941. The van der Waals surface area contributed by atoms with Crippen LogP contribution in [0.5, 0.6) is 0 Å². The molecule has 4 aliphatic carbocycles. The van der Waals surface area contributed by atoms with Gasteiger partial charge in [-0.15, -0.1) is 0 Å². The quantitative estimate of drug-likeness (QED) is 0.773. The summed E-state index contributed by atoms with van der Waals surface area (Å²) in [6, 6.07) is 0.410. The Hall–Kier alpha value is -0.0900. The highest BCUT2D eigenvalue weighted by Gasteiger charge is 2.59. The van der Waals surface area contributed by atoms with Gasteiger partial charge in [-0.05, 0) is 83.3 Å². The first-order chi connectivity index (χ1) is 9.96. The van der Waals surface area contributed by atoms with Gasteiger partial charge in [-0.1, -0.05) is 15.9 Å². The second kappa shape index (κ2) is 4.95. The summed E-state index contributed by atoms with van der Waals surface area (Å²) in [6.45, 7) is 2.23. The van der Waals surface area contributed by atoms with Crippen LogP contribution < -0.4 is 5.32 Å². The number of piperidine rings is 1. The van der Waals surface area contributed by atoms with Crippen LogP contribution in [0.15, 0.2) is 0 Å². The van der Waals surface area contributed by atoms with E-state index in [0.29, 0.717) is 11.9 Å². The SMILES string of the molecule is CN1CCC(NC(=O)C23CC4CC(CC(Br)(C4)C2)C3)CC1. The highest BCUT2D eigenvalue weighted by Crippen LogP contribution is 2.64. The zero-order valence-electron chi connectivity index (χ0n) is 13.0. The molecule has 1 amide bonds. The molecule has 0 spiro atoms. The van der Waals surface area contributed by atoms with Gasteiger partial charge in [0.2, 0.25) is 5.91 Å². The molecule has 21 heavy (non-hydrogen) atoms. The van der Waals surface area contributed by atoms with E-state index in [4.69, 9.17) is 0 Å². The van der Waals surface area contributed by atoms with Crippen LogP contribution in [0.3, 0.4) is 0 Å². The van der Waals surface area contributed by atoms with Gasteiger partial charge in [-0.3, -0.25) is 4.79 Å². The van der Waals surface area contributed by atoms with E-state index >= 15 is 0 Å². The second-order valence-corrected chi connectivity index (χ2v) is 10.1. The normalized spacial score (nSPS) is 46.8. The summed E-state index contributed by atoms with van der Waals surface area (Å²) in [5.74, 6) is 1.96. The van der Waals surface area contributed by atoms with Crippen LogP contribution in [0.25, 0.3) is 0 Å². The van der Waals surface area contributed by atoms with Crippen LogP contribution in [0.4, 0.5) is 0 Å². The number of carbonyl (C=O) groups is 1. The van der Waals surface area contributed by atoms with Gasteiger partial charge in [0.25, 0.3) is 0 Å². The maximum Gasteiger partial charge on any atom is 0.226 e. The number of amides is 1. The van der Waals surface area contributed by atoms with E-state index in [-0.39, 0.29) is 9.74 Å². The lowest BCUT2D eigenvalue weighted by Crippen LogP contribution is -2.59. The lowest BCUT2D eigenvalue weighted by atomic mass is 9.49. The number of rotatable bonds is 2. The van der Waals surface area contributed by atoms with Crippen LogP contribution in [0.1, 0.15) is 51.4 Å². The molecule has 1 aliphatic heterocycles. The minimum absolute atomic E-state index is 0.0447. The molecule has 2 unspecified atom stereocenters. The lowest BCUT2D eigenvalue weighted by Gasteiger charge is -2.59. The summed E-state index contributed by atoms with van der Waals surface area (Å²) >= 11 is 4.01. The molecular weight excluding hydrogens is 328 g/mol. The molecule has 4 heteroatoms. The molecule has 4 bridgehead atoms. The maximum atomic E-state index is 13.0. The van der Waals surface area contributed by atoms with E-state index in [0.717, 1.165) is 57.0 Å². The van der Waals surface area contributed by atoms with E-state index in [2.05, 4.69) is 33.2 Å². The van der Waals surface area contributed by atoms with Gasteiger partial charge in [0.05, 0.1) is 5.41 Å². The number of alkyl halides is 1. The first-order valence-electron chi connectivity index (χ1n) is 8.65. The number of carbonyl (C=O) groups excluding carboxylic acids is 1. The summed E-state index contributed by atoms with van der Waals surface area (Å²) in [7, 11) is 2.17. The van der Waals surface area contributed by atoms with Crippen LogP contribution in [0, 0.1) is 17.3 Å². The van der Waals surface area contributed by atoms with Crippen molar-refractivity contribution in [2.45, 2.75) is 61.7 Å². The number of likely N-dealkylation sites (tertiary alicyclic amines) is 1. The smallest absolute Gasteiger partial charge is 0.226 e. The average molecular weight is 355 g/mol. The highest BCUT2D eigenvalue weighted by atomic mass is 79.9. The van der Waals surface area contributed by atoms with Crippen LogP contribution in [0.2, 0.25) is 0 Å². The minimum atomic E-state index is -0.0447. The fourth-order valence-corrected chi connectivity index (χ4v) is 7.36. The van der Waals surface area contributed by atoms with E-state index in [1.165, 1.54) is 19.3 Å². The molecule has 2 atom stereocenters. The Bertz CT molecular complexity index is 430. The van der Waals surface area contributed by atoms with Crippen molar-refractivity contribution >= 4 is 21.8 Å². The summed E-state index contributed by atoms with van der Waals surface area (Å²) in [5, 5.41) is 3.43. The summed E-state index contributed by atoms with van der Waals surface area (Å²) < 4.78 is 0.279. The van der Waals surface area contributed by atoms with E-state index < -0.39 is 0 Å². The van der Waals surface area contributed by atoms with Gasteiger partial charge in [0, 0.05) is 10.4 Å². The van der Waals surface area contributed by atoms with Crippen LogP contribution >= 0.6 is 15.9 Å². The van der Waals surface area contributed by atoms with Gasteiger partial charge < -0.3 is 10.2 Å². The molecule has 0 radical (unpaired) electrons. The summed E-state index contributed by atoms with van der Waals surface area (Å²) in [6.07, 6.45) is 9.57. The highest BCUT2D eigenvalue weighted by molar-refractivity contribution is 9.10. The molecule has 0 aromatic heterocycles. The molecule has 118 valence electrons. The standard InChI is InChI=1S/C17H27BrN2O/c1-20-4-2-14(3-5-20)19-15(21)16-7-12-6-13(8-16)10-17(18,9-12)11-16/h12-14H,2-11H2,1H3,(H,19,21). The molecule has 0 aromatic rings. The molecule has 4 saturated carbocycles. The zero-order valence-corrected chi connectivity index (χ0v) is 14.6. The Labute approximate surface area is 136 Å². The van der Waals surface area contributed by atoms with Crippen LogP contribution in [-0.2, 0) is 4.79 Å². The molecule has 5 aliphatic rings. The van der Waals surface area contributed by atoms with Crippen molar-refractivity contribution in [2.24, 2.45) is 17.3 Å². The average Bonchev–Trinajstić information content (AvgIpc) is 2.38. The number of hydrogen-bond donors (Lipinski definition) is 1. The third kappa shape index (κ3) is 2.56. The first kappa shape index (κ1) is 14.5. The van der Waals surface area contributed by atoms with Crippen molar-refractivity contribution in [1.29, 1.82) is 0 Å². The topological polar surface area (TPSA) is 32.3 Å². The number of hydrogen-bond acceptors (Lipinski definition) is 2. The van der Waals surface area contributed by atoms with Crippen molar-refractivity contribution in [3.05, 3.63) is 0 Å². The second-order valence-electron chi connectivity index (χ2n) is 8.44. The summed E-state index contributed by atoms with van der Waals surface area (Å²) in [4.78, 5) is 15.4. The Kier molecular flexibility index (Phi) is 3.42. The summed E-state index contributed by atoms with van der Waals surface area (Å²) in [5.41, 5.74) is -0.0447. The van der Waals surface area contributed by atoms with Crippen molar-refractivity contribution in [3.8, 4) is 0 Å². The van der Waals surface area contributed by atoms with Crippen LogP contribution in [-0.4, -0.2) is 41.3 Å². The van der Waals surface area contributed by atoms with Gasteiger partial charge in [0.15, 0.2) is 0 Å².